The van der Waals surface area contributed by atoms with E-state index < -0.39 is 0 Å². The summed E-state index contributed by atoms with van der Waals surface area (Å²) in [5, 5.41) is 19.6. The van der Waals surface area contributed by atoms with E-state index in [-0.39, 0.29) is 5.56 Å². The van der Waals surface area contributed by atoms with Gasteiger partial charge in [0, 0.05) is 22.0 Å². The first kappa shape index (κ1) is 16.6. The topological polar surface area (TPSA) is 102 Å². The molecule has 0 radical (unpaired) electrons. The maximum absolute atomic E-state index is 11.7. The number of benzene rings is 2. The van der Waals surface area contributed by atoms with Crippen LogP contribution in [0.1, 0.15) is 5.69 Å². The van der Waals surface area contributed by atoms with E-state index in [9.17, 15) is 4.79 Å². The number of fused-ring (bicyclic) bond motifs is 2. The second-order valence-electron chi connectivity index (χ2n) is 6.48. The van der Waals surface area contributed by atoms with Crippen molar-refractivity contribution in [2.24, 2.45) is 0 Å². The fourth-order valence-corrected chi connectivity index (χ4v) is 4.00. The highest BCUT2D eigenvalue weighted by molar-refractivity contribution is 7.99. The molecule has 0 aliphatic heterocycles. The zero-order chi connectivity index (χ0) is 19.1. The number of hydrogen-bond acceptors (Lipinski definition) is 5. The molecule has 0 amide bonds. The van der Waals surface area contributed by atoms with E-state index in [4.69, 9.17) is 4.98 Å². The third-order valence-electron chi connectivity index (χ3n) is 4.44. The Morgan fingerprint density at radius 3 is 2.75 bits per heavy atom. The molecule has 0 unspecified atom stereocenters. The summed E-state index contributed by atoms with van der Waals surface area (Å²) in [6, 6.07) is 17.8. The van der Waals surface area contributed by atoms with E-state index in [1.54, 1.807) is 11.8 Å². The lowest BCUT2D eigenvalue weighted by Gasteiger charge is -2.10. The Balaban J connectivity index is 1.55. The van der Waals surface area contributed by atoms with Gasteiger partial charge in [-0.2, -0.15) is 5.10 Å². The van der Waals surface area contributed by atoms with Crippen molar-refractivity contribution in [2.75, 3.05) is 5.32 Å². The maximum Gasteiger partial charge on any atom is 0.271 e. The van der Waals surface area contributed by atoms with E-state index in [1.165, 1.54) is 0 Å². The number of rotatable bonds is 4. The van der Waals surface area contributed by atoms with Crippen LogP contribution in [0.5, 0.6) is 0 Å². The zero-order valence-electron chi connectivity index (χ0n) is 14.9. The fraction of sp³-hybridized carbons (Fsp3) is 0.0500. The highest BCUT2D eigenvalue weighted by Gasteiger charge is 2.10. The first-order valence-corrected chi connectivity index (χ1v) is 9.54. The van der Waals surface area contributed by atoms with Gasteiger partial charge >= 0.3 is 0 Å². The third kappa shape index (κ3) is 3.03. The molecule has 0 spiro atoms. The predicted octanol–water partition coefficient (Wildman–Crippen LogP) is 4.33. The molecule has 4 N–H and O–H groups in total. The summed E-state index contributed by atoms with van der Waals surface area (Å²) in [6.07, 6.45) is 0. The molecule has 7 nitrogen and oxygen atoms in total. The van der Waals surface area contributed by atoms with Gasteiger partial charge in [-0.3, -0.25) is 20.1 Å². The second-order valence-corrected chi connectivity index (χ2v) is 7.57. The van der Waals surface area contributed by atoms with Crippen LogP contribution in [0.15, 0.2) is 69.3 Å². The van der Waals surface area contributed by atoms with Crippen molar-refractivity contribution in [1.29, 1.82) is 0 Å². The van der Waals surface area contributed by atoms with Crippen LogP contribution in [0.25, 0.3) is 21.7 Å². The molecule has 3 aromatic heterocycles. The minimum absolute atomic E-state index is 0.115. The van der Waals surface area contributed by atoms with Crippen LogP contribution in [0.4, 0.5) is 11.6 Å². The number of H-pyrrole nitrogens is 3. The summed E-state index contributed by atoms with van der Waals surface area (Å²) in [7, 11) is 0. The highest BCUT2D eigenvalue weighted by Crippen LogP contribution is 2.33. The van der Waals surface area contributed by atoms with Crippen LogP contribution in [-0.2, 0) is 0 Å². The van der Waals surface area contributed by atoms with Crippen molar-refractivity contribution in [2.45, 2.75) is 16.8 Å². The number of aromatic amines is 3. The largest absolute Gasteiger partial charge is 0.323 e. The van der Waals surface area contributed by atoms with E-state index in [0.717, 1.165) is 43.5 Å². The molecule has 0 bridgehead atoms. The van der Waals surface area contributed by atoms with Crippen molar-refractivity contribution >= 4 is 45.1 Å². The normalized spacial score (nSPS) is 11.3. The summed E-state index contributed by atoms with van der Waals surface area (Å²) >= 11 is 1.54. The minimum atomic E-state index is -0.115. The Labute approximate surface area is 163 Å². The average Bonchev–Trinajstić information content (AvgIpc) is 3.27. The van der Waals surface area contributed by atoms with Gasteiger partial charge in [0.25, 0.3) is 5.56 Å². The van der Waals surface area contributed by atoms with Crippen molar-refractivity contribution in [3.8, 4) is 0 Å². The molecule has 5 aromatic rings. The summed E-state index contributed by atoms with van der Waals surface area (Å²) in [6.45, 7) is 1.96. The smallest absolute Gasteiger partial charge is 0.271 e. The van der Waals surface area contributed by atoms with Crippen LogP contribution in [0.3, 0.4) is 0 Å². The molecule has 8 heteroatoms. The molecule has 5 rings (SSSR count). The van der Waals surface area contributed by atoms with Crippen molar-refractivity contribution < 1.29 is 0 Å². The Morgan fingerprint density at radius 2 is 1.89 bits per heavy atom. The molecule has 0 fully saturated rings. The maximum atomic E-state index is 11.7. The fourth-order valence-electron chi connectivity index (χ4n) is 3.13. The molecule has 3 heterocycles. The first-order chi connectivity index (χ1) is 13.7. The number of pyridine rings is 1. The number of aryl methyl sites for hydroxylation is 1. The number of anilines is 2. The first-order valence-electron chi connectivity index (χ1n) is 8.73. The van der Waals surface area contributed by atoms with Crippen LogP contribution in [-0.4, -0.2) is 25.4 Å². The quantitative estimate of drug-likeness (QED) is 0.367. The second kappa shape index (κ2) is 6.58. The van der Waals surface area contributed by atoms with Gasteiger partial charge < -0.3 is 5.32 Å². The van der Waals surface area contributed by atoms with Crippen LogP contribution in [0.2, 0.25) is 0 Å². The Morgan fingerprint density at radius 1 is 1.00 bits per heavy atom. The van der Waals surface area contributed by atoms with Gasteiger partial charge in [-0.15, -0.1) is 0 Å². The number of hydrogen-bond donors (Lipinski definition) is 4. The van der Waals surface area contributed by atoms with Gasteiger partial charge in [0.05, 0.1) is 10.9 Å². The van der Waals surface area contributed by atoms with Crippen LogP contribution in [0, 0.1) is 6.92 Å². The average molecular weight is 388 g/mol. The summed E-state index contributed by atoms with van der Waals surface area (Å²) in [5.41, 5.74) is 1.64. The Hall–Kier alpha value is -3.52. The summed E-state index contributed by atoms with van der Waals surface area (Å²) < 4.78 is 0. The van der Waals surface area contributed by atoms with E-state index in [1.807, 2.05) is 49.4 Å². The van der Waals surface area contributed by atoms with Gasteiger partial charge in [-0.25, -0.2) is 4.98 Å². The van der Waals surface area contributed by atoms with E-state index in [2.05, 4.69) is 37.8 Å². The monoisotopic (exact) mass is 388 g/mol. The number of nitrogens with one attached hydrogen (secondary N) is 4. The van der Waals surface area contributed by atoms with Gasteiger partial charge in [0.1, 0.15) is 10.8 Å². The van der Waals surface area contributed by atoms with Gasteiger partial charge in [0.2, 0.25) is 0 Å². The summed E-state index contributed by atoms with van der Waals surface area (Å²) in [4.78, 5) is 17.5. The van der Waals surface area contributed by atoms with Gasteiger partial charge in [-0.1, -0.05) is 36.0 Å². The van der Waals surface area contributed by atoms with Crippen molar-refractivity contribution in [3.05, 3.63) is 70.6 Å². The number of aromatic nitrogens is 5. The molecule has 138 valence electrons. The van der Waals surface area contributed by atoms with Crippen LogP contribution < -0.4 is 10.9 Å². The third-order valence-corrected chi connectivity index (χ3v) is 5.35. The molecule has 2 aromatic carbocycles. The molecular formula is C20H16N6OS. The Bertz CT molecular complexity index is 1370. The van der Waals surface area contributed by atoms with Gasteiger partial charge in [0.15, 0.2) is 5.82 Å². The molecule has 0 atom stereocenters. The standard InChI is InChI=1S/C20H16N6OS/c1-11-8-17(25-23-11)21-19-14-5-3-2-4-12(14)9-18(22-19)28-13-6-7-15-16(10-13)24-26-20(15)27/h2-10H,1H3,(H2,24,26,27)(H2,21,22,23,25). The molecular weight excluding hydrogens is 372 g/mol. The molecule has 0 saturated heterocycles. The van der Waals surface area contributed by atoms with Crippen LogP contribution >= 0.6 is 11.8 Å². The lowest BCUT2D eigenvalue weighted by Crippen LogP contribution is -1.97. The Kier molecular flexibility index (Phi) is 3.91. The molecule has 0 saturated carbocycles. The molecule has 28 heavy (non-hydrogen) atoms. The predicted molar refractivity (Wildman–Crippen MR) is 111 cm³/mol. The van der Waals surface area contributed by atoms with E-state index in [0.29, 0.717) is 5.39 Å². The SMILES string of the molecule is Cc1cc(Nc2nc(Sc3ccc4c(=O)[nH][nH]c4c3)cc3ccccc23)n[nH]1. The molecule has 0 aliphatic carbocycles. The number of nitrogens with zero attached hydrogens (tertiary/aromatic N) is 2. The van der Waals surface area contributed by atoms with Gasteiger partial charge in [-0.05, 0) is 36.6 Å². The zero-order valence-corrected chi connectivity index (χ0v) is 15.7. The summed E-state index contributed by atoms with van der Waals surface area (Å²) in [5.74, 6) is 1.48. The lowest BCUT2D eigenvalue weighted by molar-refractivity contribution is 1.04. The van der Waals surface area contributed by atoms with Crippen molar-refractivity contribution in [3.63, 3.8) is 0 Å². The highest BCUT2D eigenvalue weighted by atomic mass is 32.2. The molecule has 0 aliphatic rings. The van der Waals surface area contributed by atoms with Crippen molar-refractivity contribution in [1.82, 2.24) is 25.4 Å². The van der Waals surface area contributed by atoms with E-state index >= 15 is 0 Å². The lowest BCUT2D eigenvalue weighted by atomic mass is 10.1. The minimum Gasteiger partial charge on any atom is -0.323 e.